The first-order valence-electron chi connectivity index (χ1n) is 7.71. The second-order valence-corrected chi connectivity index (χ2v) is 5.97. The molecule has 6 heteroatoms. The first-order chi connectivity index (χ1) is 11.5. The van der Waals surface area contributed by atoms with Crippen molar-refractivity contribution in [2.45, 2.75) is 19.1 Å². The number of hydrogen-bond donors (Lipinski definition) is 1. The van der Waals surface area contributed by atoms with Crippen molar-refractivity contribution in [3.05, 3.63) is 64.9 Å². The maximum absolute atomic E-state index is 12.4. The van der Waals surface area contributed by atoms with Crippen molar-refractivity contribution in [3.8, 4) is 0 Å². The highest BCUT2D eigenvalue weighted by Gasteiger charge is 2.19. The van der Waals surface area contributed by atoms with Gasteiger partial charge in [-0.1, -0.05) is 29.8 Å². The lowest BCUT2D eigenvalue weighted by atomic mass is 10.1. The van der Waals surface area contributed by atoms with E-state index in [0.29, 0.717) is 11.6 Å². The van der Waals surface area contributed by atoms with E-state index in [9.17, 15) is 4.79 Å². The van der Waals surface area contributed by atoms with Gasteiger partial charge >= 0.3 is 6.03 Å². The van der Waals surface area contributed by atoms with E-state index in [1.54, 1.807) is 43.6 Å². The fourth-order valence-corrected chi connectivity index (χ4v) is 2.47. The van der Waals surface area contributed by atoms with Gasteiger partial charge in [-0.05, 0) is 36.2 Å². The first kappa shape index (κ1) is 18.2. The van der Waals surface area contributed by atoms with Gasteiger partial charge in [0.1, 0.15) is 0 Å². The van der Waals surface area contributed by atoms with E-state index in [1.807, 2.05) is 31.2 Å². The number of ether oxygens (including phenoxy) is 1. The smallest absolute Gasteiger partial charge is 0.317 e. The molecule has 5 nitrogen and oxygen atoms in total. The summed E-state index contributed by atoms with van der Waals surface area (Å²) in [7, 11) is 3.38. The van der Waals surface area contributed by atoms with E-state index < -0.39 is 0 Å². The van der Waals surface area contributed by atoms with Gasteiger partial charge in [0.25, 0.3) is 0 Å². The number of carbonyl (C=O) groups is 1. The number of nitrogens with one attached hydrogen (secondary N) is 1. The van der Waals surface area contributed by atoms with Crippen molar-refractivity contribution >= 4 is 17.6 Å². The Hall–Kier alpha value is -2.11. The minimum absolute atomic E-state index is 0.0739. The predicted octanol–water partition coefficient (Wildman–Crippen LogP) is 3.83. The molecule has 0 spiro atoms. The highest BCUT2D eigenvalue weighted by atomic mass is 35.5. The third-order valence-electron chi connectivity index (χ3n) is 4.03. The standard InChI is InChI=1S/C18H22ClN3O2/c1-13(15-5-4-10-20-11-15)22(2)18(23)21-12-17(24-3)14-6-8-16(19)9-7-14/h4-11,13,17H,12H2,1-3H3,(H,21,23)/t13-,17-/m0/s1. The molecule has 2 atom stereocenters. The van der Waals surface area contributed by atoms with Gasteiger partial charge in [-0.2, -0.15) is 0 Å². The lowest BCUT2D eigenvalue weighted by molar-refractivity contribution is 0.101. The molecule has 1 aromatic heterocycles. The van der Waals surface area contributed by atoms with Crippen LogP contribution in [0.25, 0.3) is 0 Å². The summed E-state index contributed by atoms with van der Waals surface area (Å²) in [6.07, 6.45) is 3.25. The van der Waals surface area contributed by atoms with Crippen LogP contribution in [0.4, 0.5) is 4.79 Å². The summed E-state index contributed by atoms with van der Waals surface area (Å²) in [6.45, 7) is 2.34. The summed E-state index contributed by atoms with van der Waals surface area (Å²) in [5.74, 6) is 0. The number of nitrogens with zero attached hydrogens (tertiary/aromatic N) is 2. The highest BCUT2D eigenvalue weighted by Crippen LogP contribution is 2.20. The van der Waals surface area contributed by atoms with Gasteiger partial charge in [-0.25, -0.2) is 4.79 Å². The van der Waals surface area contributed by atoms with Crippen LogP contribution in [0.1, 0.15) is 30.2 Å². The Morgan fingerprint density at radius 2 is 2.00 bits per heavy atom. The number of methoxy groups -OCH3 is 1. The fraction of sp³-hybridized carbons (Fsp3) is 0.333. The van der Waals surface area contributed by atoms with Gasteiger partial charge in [0.2, 0.25) is 0 Å². The molecule has 1 N–H and O–H groups in total. The normalized spacial score (nSPS) is 13.2. The van der Waals surface area contributed by atoms with Crippen LogP contribution in [0.3, 0.4) is 0 Å². The van der Waals surface area contributed by atoms with E-state index in [2.05, 4.69) is 10.3 Å². The van der Waals surface area contributed by atoms with Gasteiger partial charge in [-0.15, -0.1) is 0 Å². The second-order valence-electron chi connectivity index (χ2n) is 5.54. The molecule has 0 aliphatic carbocycles. The molecule has 2 amide bonds. The molecular formula is C18H22ClN3O2. The van der Waals surface area contributed by atoms with Crippen molar-refractivity contribution in [2.75, 3.05) is 20.7 Å². The van der Waals surface area contributed by atoms with Crippen molar-refractivity contribution < 1.29 is 9.53 Å². The molecule has 0 unspecified atom stereocenters. The Bertz CT molecular complexity index is 649. The molecule has 0 fully saturated rings. The summed E-state index contributed by atoms with van der Waals surface area (Å²) >= 11 is 5.90. The average Bonchev–Trinajstić information content (AvgIpc) is 2.62. The molecule has 0 saturated heterocycles. The zero-order chi connectivity index (χ0) is 17.5. The number of rotatable bonds is 6. The molecule has 0 aliphatic heterocycles. The summed E-state index contributed by atoms with van der Waals surface area (Å²) in [5.41, 5.74) is 1.95. The molecule has 128 valence electrons. The van der Waals surface area contributed by atoms with Crippen molar-refractivity contribution in [3.63, 3.8) is 0 Å². The van der Waals surface area contributed by atoms with E-state index in [0.717, 1.165) is 11.1 Å². The molecule has 24 heavy (non-hydrogen) atoms. The number of aromatic nitrogens is 1. The van der Waals surface area contributed by atoms with Crippen LogP contribution < -0.4 is 5.32 Å². The molecule has 0 aliphatic rings. The monoisotopic (exact) mass is 347 g/mol. The van der Waals surface area contributed by atoms with Crippen LogP contribution in [-0.4, -0.2) is 36.6 Å². The Morgan fingerprint density at radius 1 is 1.29 bits per heavy atom. The predicted molar refractivity (Wildman–Crippen MR) is 95.0 cm³/mol. The third-order valence-corrected chi connectivity index (χ3v) is 4.29. The largest absolute Gasteiger partial charge is 0.375 e. The maximum Gasteiger partial charge on any atom is 0.317 e. The minimum Gasteiger partial charge on any atom is -0.375 e. The number of halogens is 1. The van der Waals surface area contributed by atoms with E-state index >= 15 is 0 Å². The molecule has 0 saturated carbocycles. The lowest BCUT2D eigenvalue weighted by Gasteiger charge is -2.26. The number of benzene rings is 1. The zero-order valence-electron chi connectivity index (χ0n) is 14.1. The topological polar surface area (TPSA) is 54.5 Å². The highest BCUT2D eigenvalue weighted by molar-refractivity contribution is 6.30. The molecular weight excluding hydrogens is 326 g/mol. The van der Waals surface area contributed by atoms with Crippen LogP contribution in [0, 0.1) is 0 Å². The molecule has 1 heterocycles. The SMILES string of the molecule is CO[C@@H](CNC(=O)N(C)[C@@H](C)c1cccnc1)c1ccc(Cl)cc1. The second kappa shape index (κ2) is 8.66. The van der Waals surface area contributed by atoms with Crippen LogP contribution in [-0.2, 0) is 4.74 Å². The van der Waals surface area contributed by atoms with E-state index in [-0.39, 0.29) is 18.2 Å². The van der Waals surface area contributed by atoms with Crippen molar-refractivity contribution in [1.82, 2.24) is 15.2 Å². The fourth-order valence-electron chi connectivity index (χ4n) is 2.34. The van der Waals surface area contributed by atoms with Gasteiger partial charge in [0, 0.05) is 38.1 Å². The Labute approximate surface area is 147 Å². The van der Waals surface area contributed by atoms with E-state index in [4.69, 9.17) is 16.3 Å². The van der Waals surface area contributed by atoms with Crippen molar-refractivity contribution in [1.29, 1.82) is 0 Å². The van der Waals surface area contributed by atoms with Crippen molar-refractivity contribution in [2.24, 2.45) is 0 Å². The molecule has 1 aromatic carbocycles. The summed E-state index contributed by atoms with van der Waals surface area (Å²) in [4.78, 5) is 18.1. The summed E-state index contributed by atoms with van der Waals surface area (Å²) in [6, 6.07) is 11.0. The molecule has 0 bridgehead atoms. The molecule has 0 radical (unpaired) electrons. The summed E-state index contributed by atoms with van der Waals surface area (Å²) in [5, 5.41) is 3.57. The molecule has 2 aromatic rings. The Morgan fingerprint density at radius 3 is 2.58 bits per heavy atom. The lowest BCUT2D eigenvalue weighted by Crippen LogP contribution is -2.40. The maximum atomic E-state index is 12.4. The number of pyridine rings is 1. The number of amides is 2. The zero-order valence-corrected chi connectivity index (χ0v) is 14.8. The van der Waals surface area contributed by atoms with Gasteiger partial charge in [-0.3, -0.25) is 4.98 Å². The number of carbonyl (C=O) groups excluding carboxylic acids is 1. The van der Waals surface area contributed by atoms with Crippen LogP contribution >= 0.6 is 11.6 Å². The van der Waals surface area contributed by atoms with Gasteiger partial charge in [0.05, 0.1) is 12.1 Å². The quantitative estimate of drug-likeness (QED) is 0.864. The van der Waals surface area contributed by atoms with E-state index in [1.165, 1.54) is 0 Å². The molecule has 2 rings (SSSR count). The summed E-state index contributed by atoms with van der Waals surface area (Å²) < 4.78 is 5.47. The van der Waals surface area contributed by atoms with Gasteiger partial charge < -0.3 is 15.0 Å². The van der Waals surface area contributed by atoms with Crippen LogP contribution in [0.2, 0.25) is 5.02 Å². The Kier molecular flexibility index (Phi) is 6.58. The van der Waals surface area contributed by atoms with Crippen LogP contribution in [0.5, 0.6) is 0 Å². The average molecular weight is 348 g/mol. The minimum atomic E-state index is -0.228. The van der Waals surface area contributed by atoms with Gasteiger partial charge in [0.15, 0.2) is 0 Å². The first-order valence-corrected chi connectivity index (χ1v) is 8.09. The Balaban J connectivity index is 1.94. The number of urea groups is 1. The number of hydrogen-bond acceptors (Lipinski definition) is 3. The third kappa shape index (κ3) is 4.69. The van der Waals surface area contributed by atoms with Crippen LogP contribution in [0.15, 0.2) is 48.8 Å².